The molecule has 1 heterocycles. The summed E-state index contributed by atoms with van der Waals surface area (Å²) in [5.41, 5.74) is 6.61. The number of amidine groups is 1. The second-order valence-electron chi connectivity index (χ2n) is 4.55. The van der Waals surface area contributed by atoms with Crippen LogP contribution in [-0.4, -0.2) is 30.2 Å². The summed E-state index contributed by atoms with van der Waals surface area (Å²) in [5, 5.41) is 14.6. The van der Waals surface area contributed by atoms with Gasteiger partial charge in [0.25, 0.3) is 0 Å². The monoisotopic (exact) mass is 341 g/mol. The van der Waals surface area contributed by atoms with Gasteiger partial charge in [0.1, 0.15) is 0 Å². The van der Waals surface area contributed by atoms with Crippen LogP contribution in [0.4, 0.5) is 5.69 Å². The molecule has 6 nitrogen and oxygen atoms in total. The molecule has 4 N–H and O–H groups in total. The smallest absolute Gasteiger partial charge is 0.227 e. The Labute approximate surface area is 125 Å². The van der Waals surface area contributed by atoms with Crippen molar-refractivity contribution in [2.45, 2.75) is 12.8 Å². The summed E-state index contributed by atoms with van der Waals surface area (Å²) < 4.78 is 6.04. The van der Waals surface area contributed by atoms with Gasteiger partial charge in [-0.2, -0.15) is 0 Å². The van der Waals surface area contributed by atoms with Crippen LogP contribution in [0.25, 0.3) is 0 Å². The van der Waals surface area contributed by atoms with Gasteiger partial charge in [-0.15, -0.1) is 0 Å². The largest absolute Gasteiger partial charge is 0.409 e. The topological polar surface area (TPSA) is 96.9 Å². The Balaban J connectivity index is 2.19. The van der Waals surface area contributed by atoms with Crippen LogP contribution in [-0.2, 0) is 9.53 Å². The van der Waals surface area contributed by atoms with Gasteiger partial charge in [0.2, 0.25) is 5.91 Å². The molecule has 1 fully saturated rings. The van der Waals surface area contributed by atoms with Gasteiger partial charge in [-0.3, -0.25) is 4.79 Å². The highest BCUT2D eigenvalue weighted by atomic mass is 79.9. The normalized spacial score (nSPS) is 16.9. The van der Waals surface area contributed by atoms with Crippen molar-refractivity contribution >= 4 is 33.4 Å². The van der Waals surface area contributed by atoms with Gasteiger partial charge in [0.15, 0.2) is 5.84 Å². The number of hydrogen-bond acceptors (Lipinski definition) is 4. The Kier molecular flexibility index (Phi) is 4.97. The highest BCUT2D eigenvalue weighted by molar-refractivity contribution is 9.10. The van der Waals surface area contributed by atoms with E-state index in [2.05, 4.69) is 26.4 Å². The fraction of sp³-hybridized carbons (Fsp3) is 0.385. The molecule has 1 aromatic rings. The van der Waals surface area contributed by atoms with Crippen LogP contribution in [0.15, 0.2) is 27.8 Å². The summed E-state index contributed by atoms with van der Waals surface area (Å²) >= 11 is 3.34. The molecule has 2 rings (SSSR count). The van der Waals surface area contributed by atoms with Crippen LogP contribution in [0.3, 0.4) is 0 Å². The predicted octanol–water partition coefficient (Wildman–Crippen LogP) is 1.91. The first kappa shape index (κ1) is 14.8. The average molecular weight is 342 g/mol. The van der Waals surface area contributed by atoms with Gasteiger partial charge >= 0.3 is 0 Å². The van der Waals surface area contributed by atoms with Gasteiger partial charge in [0.05, 0.1) is 5.69 Å². The van der Waals surface area contributed by atoms with E-state index in [0.717, 1.165) is 4.47 Å². The van der Waals surface area contributed by atoms with Crippen molar-refractivity contribution in [3.05, 3.63) is 28.2 Å². The Hall–Kier alpha value is -1.60. The SMILES string of the molecule is N/C(=N/O)c1ccc(Br)cc1NC(=O)C1CCOCC1. The second-order valence-corrected chi connectivity index (χ2v) is 5.47. The van der Waals surface area contributed by atoms with Gasteiger partial charge in [-0.1, -0.05) is 21.1 Å². The molecule has 1 aromatic carbocycles. The van der Waals surface area contributed by atoms with E-state index in [0.29, 0.717) is 37.3 Å². The van der Waals surface area contributed by atoms with Crippen molar-refractivity contribution in [3.8, 4) is 0 Å². The zero-order valence-electron chi connectivity index (χ0n) is 10.8. The minimum atomic E-state index is -0.0709. The molecule has 0 radical (unpaired) electrons. The number of amides is 1. The molecule has 1 aliphatic heterocycles. The average Bonchev–Trinajstić information content (AvgIpc) is 2.47. The maximum absolute atomic E-state index is 12.2. The van der Waals surface area contributed by atoms with Gasteiger partial charge < -0.3 is 21.0 Å². The van der Waals surface area contributed by atoms with Gasteiger partial charge in [-0.05, 0) is 31.0 Å². The fourth-order valence-corrected chi connectivity index (χ4v) is 2.45. The van der Waals surface area contributed by atoms with E-state index in [9.17, 15) is 4.79 Å². The standard InChI is InChI=1S/C13H16BrN3O3/c14-9-1-2-10(12(15)17-19)11(7-9)16-13(18)8-3-5-20-6-4-8/h1-2,7-8,19H,3-6H2,(H2,15,17)(H,16,18). The third-order valence-electron chi connectivity index (χ3n) is 3.22. The Morgan fingerprint density at radius 2 is 2.15 bits per heavy atom. The molecule has 1 amide bonds. The lowest BCUT2D eigenvalue weighted by Crippen LogP contribution is -2.29. The maximum Gasteiger partial charge on any atom is 0.227 e. The number of nitrogens with zero attached hydrogens (tertiary/aromatic N) is 1. The summed E-state index contributed by atoms with van der Waals surface area (Å²) in [6, 6.07) is 5.17. The lowest BCUT2D eigenvalue weighted by atomic mass is 9.99. The highest BCUT2D eigenvalue weighted by Crippen LogP contribution is 2.24. The van der Waals surface area contributed by atoms with Crippen molar-refractivity contribution in [2.75, 3.05) is 18.5 Å². The van der Waals surface area contributed by atoms with E-state index in [1.807, 2.05) is 0 Å². The number of carbonyl (C=O) groups is 1. The number of oxime groups is 1. The third kappa shape index (κ3) is 3.49. The van der Waals surface area contributed by atoms with E-state index < -0.39 is 0 Å². The number of rotatable bonds is 3. The van der Waals surface area contributed by atoms with Crippen molar-refractivity contribution in [1.29, 1.82) is 0 Å². The Morgan fingerprint density at radius 1 is 1.45 bits per heavy atom. The number of carbonyl (C=O) groups excluding carboxylic acids is 1. The van der Waals surface area contributed by atoms with E-state index in [-0.39, 0.29) is 17.7 Å². The lowest BCUT2D eigenvalue weighted by molar-refractivity contribution is -0.122. The number of hydrogen-bond donors (Lipinski definition) is 3. The van der Waals surface area contributed by atoms with Crippen LogP contribution < -0.4 is 11.1 Å². The first-order chi connectivity index (χ1) is 9.61. The summed E-state index contributed by atoms with van der Waals surface area (Å²) in [5.74, 6) is -0.180. The molecule has 0 spiro atoms. The van der Waals surface area contributed by atoms with Crippen molar-refractivity contribution in [1.82, 2.24) is 0 Å². The summed E-state index contributed by atoms with van der Waals surface area (Å²) in [6.07, 6.45) is 1.41. The van der Waals surface area contributed by atoms with E-state index >= 15 is 0 Å². The molecule has 108 valence electrons. The predicted molar refractivity (Wildman–Crippen MR) is 78.8 cm³/mol. The molecule has 7 heteroatoms. The van der Waals surface area contributed by atoms with Gasteiger partial charge in [0, 0.05) is 29.2 Å². The summed E-state index contributed by atoms with van der Waals surface area (Å²) in [6.45, 7) is 1.20. The number of halogens is 1. The molecule has 0 atom stereocenters. The minimum Gasteiger partial charge on any atom is -0.409 e. The zero-order valence-corrected chi connectivity index (χ0v) is 12.4. The maximum atomic E-state index is 12.2. The summed E-state index contributed by atoms with van der Waals surface area (Å²) in [4.78, 5) is 12.2. The number of anilines is 1. The highest BCUT2D eigenvalue weighted by Gasteiger charge is 2.22. The van der Waals surface area contributed by atoms with E-state index in [1.165, 1.54) is 0 Å². The van der Waals surface area contributed by atoms with Crippen LogP contribution in [0, 0.1) is 5.92 Å². The van der Waals surface area contributed by atoms with Crippen LogP contribution in [0.5, 0.6) is 0 Å². The molecule has 0 aliphatic carbocycles. The second kappa shape index (κ2) is 6.71. The number of benzene rings is 1. The van der Waals surface area contributed by atoms with E-state index in [4.69, 9.17) is 15.7 Å². The summed E-state index contributed by atoms with van der Waals surface area (Å²) in [7, 11) is 0. The van der Waals surface area contributed by atoms with Gasteiger partial charge in [-0.25, -0.2) is 0 Å². The number of nitrogens with two attached hydrogens (primary N) is 1. The molecule has 1 aliphatic rings. The van der Waals surface area contributed by atoms with Crippen LogP contribution in [0.1, 0.15) is 18.4 Å². The third-order valence-corrected chi connectivity index (χ3v) is 3.71. The number of nitrogens with one attached hydrogen (secondary N) is 1. The van der Waals surface area contributed by atoms with Crippen molar-refractivity contribution in [3.63, 3.8) is 0 Å². The molecular formula is C13H16BrN3O3. The molecule has 1 saturated heterocycles. The van der Waals surface area contributed by atoms with Crippen molar-refractivity contribution in [2.24, 2.45) is 16.8 Å². The first-order valence-corrected chi connectivity index (χ1v) is 7.07. The molecule has 0 bridgehead atoms. The first-order valence-electron chi connectivity index (χ1n) is 6.28. The molecule has 20 heavy (non-hydrogen) atoms. The molecule has 0 saturated carbocycles. The minimum absolute atomic E-state index is 0.0419. The van der Waals surface area contributed by atoms with E-state index in [1.54, 1.807) is 18.2 Å². The van der Waals surface area contributed by atoms with Crippen LogP contribution in [0.2, 0.25) is 0 Å². The molecule has 0 aromatic heterocycles. The molecular weight excluding hydrogens is 326 g/mol. The Morgan fingerprint density at radius 3 is 2.80 bits per heavy atom. The fourth-order valence-electron chi connectivity index (χ4n) is 2.09. The van der Waals surface area contributed by atoms with Crippen LogP contribution >= 0.6 is 15.9 Å². The Bertz CT molecular complexity index is 528. The quantitative estimate of drug-likeness (QED) is 0.338. The number of ether oxygens (including phenoxy) is 1. The lowest BCUT2D eigenvalue weighted by Gasteiger charge is -2.22. The molecule has 0 unspecified atom stereocenters. The van der Waals surface area contributed by atoms with Crippen molar-refractivity contribution < 1.29 is 14.7 Å². The zero-order chi connectivity index (χ0) is 14.5.